The fourth-order valence-corrected chi connectivity index (χ4v) is 3.34. The van der Waals surface area contributed by atoms with Crippen LogP contribution in [0.2, 0.25) is 0 Å². The predicted octanol–water partition coefficient (Wildman–Crippen LogP) is 3.04. The number of carbonyl (C=O) groups excluding carboxylic acids is 3. The average Bonchev–Trinajstić information content (AvgIpc) is 3.18. The minimum absolute atomic E-state index is 0.0799. The number of esters is 1. The van der Waals surface area contributed by atoms with Crippen molar-refractivity contribution in [2.75, 3.05) is 30.0 Å². The molecule has 0 spiro atoms. The summed E-state index contributed by atoms with van der Waals surface area (Å²) in [5.74, 6) is -0.845. The van der Waals surface area contributed by atoms with E-state index in [0.29, 0.717) is 28.9 Å². The molecule has 0 aromatic heterocycles. The van der Waals surface area contributed by atoms with E-state index in [9.17, 15) is 24.5 Å². The summed E-state index contributed by atoms with van der Waals surface area (Å²) in [5.41, 5.74) is 0.944. The molecular formula is C20H18BrN3O7. The Morgan fingerprint density at radius 3 is 2.52 bits per heavy atom. The highest BCUT2D eigenvalue weighted by Gasteiger charge is 2.21. The first kappa shape index (κ1) is 22.2. The van der Waals surface area contributed by atoms with Crippen LogP contribution in [0.1, 0.15) is 12.8 Å². The summed E-state index contributed by atoms with van der Waals surface area (Å²) < 4.78 is 10.5. The largest absolute Gasteiger partial charge is 0.482 e. The minimum atomic E-state index is -0.739. The molecule has 0 saturated carbocycles. The summed E-state index contributed by atoms with van der Waals surface area (Å²) in [5, 5.41) is 13.2. The highest BCUT2D eigenvalue weighted by molar-refractivity contribution is 9.10. The standard InChI is InChI=1S/C20H18BrN3O7/c21-16-10-14(24(28)29)5-8-17(16)22-18(25)11-31-20(27)12-30-15-6-3-13(4-7-15)23-9-1-2-19(23)26/h3-8,10H,1-2,9,11-12H2,(H,22,25). The van der Waals surface area contributed by atoms with E-state index in [-0.39, 0.29) is 11.6 Å². The van der Waals surface area contributed by atoms with Gasteiger partial charge in [-0.2, -0.15) is 0 Å². The Bertz CT molecular complexity index is 1010. The Kier molecular flexibility index (Phi) is 7.19. The molecule has 0 radical (unpaired) electrons. The molecule has 1 aliphatic rings. The van der Waals surface area contributed by atoms with Gasteiger partial charge in [-0.25, -0.2) is 4.79 Å². The highest BCUT2D eigenvalue weighted by atomic mass is 79.9. The van der Waals surface area contributed by atoms with Crippen LogP contribution in [0.4, 0.5) is 17.1 Å². The lowest BCUT2D eigenvalue weighted by Gasteiger charge is -2.16. The molecule has 0 aliphatic carbocycles. The van der Waals surface area contributed by atoms with Crippen molar-refractivity contribution in [3.8, 4) is 5.75 Å². The number of nitrogens with one attached hydrogen (secondary N) is 1. The zero-order chi connectivity index (χ0) is 22.4. The number of carbonyl (C=O) groups is 3. The van der Waals surface area contributed by atoms with Crippen molar-refractivity contribution in [2.24, 2.45) is 0 Å². The Balaban J connectivity index is 1.42. The van der Waals surface area contributed by atoms with Crippen LogP contribution < -0.4 is 15.0 Å². The van der Waals surface area contributed by atoms with Crippen molar-refractivity contribution in [3.05, 3.63) is 57.1 Å². The molecule has 162 valence electrons. The fourth-order valence-electron chi connectivity index (χ4n) is 2.88. The van der Waals surface area contributed by atoms with Gasteiger partial charge in [0.05, 0.1) is 10.6 Å². The lowest BCUT2D eigenvalue weighted by atomic mass is 10.3. The van der Waals surface area contributed by atoms with E-state index >= 15 is 0 Å². The third kappa shape index (κ3) is 6.01. The summed E-state index contributed by atoms with van der Waals surface area (Å²) in [7, 11) is 0. The number of nitro groups is 1. The Labute approximate surface area is 185 Å². The summed E-state index contributed by atoms with van der Waals surface area (Å²) in [4.78, 5) is 47.4. The number of rotatable bonds is 8. The molecule has 11 heteroatoms. The van der Waals surface area contributed by atoms with Gasteiger partial charge in [0, 0.05) is 35.3 Å². The van der Waals surface area contributed by atoms with Crippen molar-refractivity contribution in [1.82, 2.24) is 0 Å². The molecule has 0 unspecified atom stereocenters. The second-order valence-electron chi connectivity index (χ2n) is 6.56. The second-order valence-corrected chi connectivity index (χ2v) is 7.42. The maximum absolute atomic E-state index is 11.9. The number of benzene rings is 2. The third-order valence-corrected chi connectivity index (χ3v) is 5.04. The summed E-state index contributed by atoms with van der Waals surface area (Å²) in [6.07, 6.45) is 1.37. The summed E-state index contributed by atoms with van der Waals surface area (Å²) in [6, 6.07) is 10.6. The number of ether oxygens (including phenoxy) is 2. The average molecular weight is 492 g/mol. The van der Waals surface area contributed by atoms with Gasteiger partial charge in [0.25, 0.3) is 11.6 Å². The Hall–Kier alpha value is -3.47. The highest BCUT2D eigenvalue weighted by Crippen LogP contribution is 2.27. The van der Waals surface area contributed by atoms with Gasteiger partial charge >= 0.3 is 5.97 Å². The van der Waals surface area contributed by atoms with Gasteiger partial charge in [-0.05, 0) is 52.7 Å². The zero-order valence-electron chi connectivity index (χ0n) is 16.2. The zero-order valence-corrected chi connectivity index (χ0v) is 17.8. The maximum Gasteiger partial charge on any atom is 0.344 e. The number of amides is 2. The third-order valence-electron chi connectivity index (χ3n) is 4.38. The van der Waals surface area contributed by atoms with E-state index < -0.39 is 30.0 Å². The number of hydrogen-bond donors (Lipinski definition) is 1. The quantitative estimate of drug-likeness (QED) is 0.341. The van der Waals surface area contributed by atoms with Gasteiger partial charge in [-0.1, -0.05) is 0 Å². The second kappa shape index (κ2) is 10.0. The number of hydrogen-bond acceptors (Lipinski definition) is 7. The Morgan fingerprint density at radius 1 is 1.16 bits per heavy atom. The van der Waals surface area contributed by atoms with Gasteiger partial charge in [0.1, 0.15) is 5.75 Å². The maximum atomic E-state index is 11.9. The van der Waals surface area contributed by atoms with Crippen molar-refractivity contribution >= 4 is 50.8 Å². The summed E-state index contributed by atoms with van der Waals surface area (Å²) >= 11 is 3.14. The lowest BCUT2D eigenvalue weighted by Crippen LogP contribution is -2.24. The number of nitro benzene ring substituents is 1. The monoisotopic (exact) mass is 491 g/mol. The molecule has 1 N–H and O–H groups in total. The van der Waals surface area contributed by atoms with E-state index in [1.54, 1.807) is 29.2 Å². The smallest absolute Gasteiger partial charge is 0.344 e. The van der Waals surface area contributed by atoms with Crippen LogP contribution in [0.25, 0.3) is 0 Å². The number of nitrogens with zero attached hydrogens (tertiary/aromatic N) is 2. The van der Waals surface area contributed by atoms with E-state index in [2.05, 4.69) is 21.2 Å². The van der Waals surface area contributed by atoms with Gasteiger partial charge < -0.3 is 19.7 Å². The molecule has 10 nitrogen and oxygen atoms in total. The first-order valence-corrected chi connectivity index (χ1v) is 10.1. The fraction of sp³-hybridized carbons (Fsp3) is 0.250. The first-order chi connectivity index (χ1) is 14.8. The molecule has 1 saturated heterocycles. The number of halogens is 1. The van der Waals surface area contributed by atoms with E-state index in [0.717, 1.165) is 12.1 Å². The van der Waals surface area contributed by atoms with Gasteiger partial charge in [0.2, 0.25) is 5.91 Å². The van der Waals surface area contributed by atoms with E-state index in [4.69, 9.17) is 9.47 Å². The van der Waals surface area contributed by atoms with Gasteiger partial charge in [0.15, 0.2) is 13.2 Å². The van der Waals surface area contributed by atoms with Gasteiger partial charge in [-0.3, -0.25) is 19.7 Å². The van der Waals surface area contributed by atoms with Crippen LogP contribution in [-0.2, 0) is 19.1 Å². The first-order valence-electron chi connectivity index (χ1n) is 9.26. The SMILES string of the molecule is O=C(COC(=O)COc1ccc(N2CCCC2=O)cc1)Nc1ccc([N+](=O)[O-])cc1Br. The van der Waals surface area contributed by atoms with Crippen LogP contribution >= 0.6 is 15.9 Å². The van der Waals surface area contributed by atoms with Crippen LogP contribution in [-0.4, -0.2) is 42.5 Å². The molecule has 31 heavy (non-hydrogen) atoms. The molecule has 0 bridgehead atoms. The molecule has 1 heterocycles. The van der Waals surface area contributed by atoms with E-state index in [1.165, 1.54) is 18.2 Å². The van der Waals surface area contributed by atoms with Crippen LogP contribution in [0.5, 0.6) is 5.75 Å². The molecule has 2 aromatic rings. The lowest BCUT2D eigenvalue weighted by molar-refractivity contribution is -0.384. The molecule has 1 fully saturated rings. The molecule has 2 aromatic carbocycles. The number of anilines is 2. The molecular weight excluding hydrogens is 474 g/mol. The minimum Gasteiger partial charge on any atom is -0.482 e. The van der Waals surface area contributed by atoms with Crippen molar-refractivity contribution in [2.45, 2.75) is 12.8 Å². The van der Waals surface area contributed by atoms with Gasteiger partial charge in [-0.15, -0.1) is 0 Å². The Morgan fingerprint density at radius 2 is 1.90 bits per heavy atom. The molecule has 3 rings (SSSR count). The van der Waals surface area contributed by atoms with E-state index in [1.807, 2.05) is 0 Å². The molecule has 2 amide bonds. The molecule has 0 atom stereocenters. The number of non-ortho nitro benzene ring substituents is 1. The van der Waals surface area contributed by atoms with Crippen LogP contribution in [0.3, 0.4) is 0 Å². The topological polar surface area (TPSA) is 128 Å². The normalized spacial score (nSPS) is 13.1. The van der Waals surface area contributed by atoms with Crippen molar-refractivity contribution in [3.63, 3.8) is 0 Å². The summed E-state index contributed by atoms with van der Waals surface area (Å²) in [6.45, 7) is -0.248. The van der Waals surface area contributed by atoms with Crippen molar-refractivity contribution in [1.29, 1.82) is 0 Å². The predicted molar refractivity (Wildman–Crippen MR) is 114 cm³/mol. The van der Waals surface area contributed by atoms with Crippen molar-refractivity contribution < 1.29 is 28.8 Å². The van der Waals surface area contributed by atoms with Crippen LogP contribution in [0, 0.1) is 10.1 Å². The molecule has 1 aliphatic heterocycles. The van der Waals surface area contributed by atoms with Crippen LogP contribution in [0.15, 0.2) is 46.9 Å².